The molecule has 2 nitrogen and oxygen atoms in total. The van der Waals surface area contributed by atoms with Gasteiger partial charge in [0, 0.05) is 16.3 Å². The third kappa shape index (κ3) is 1.15. The van der Waals surface area contributed by atoms with Crippen molar-refractivity contribution in [2.45, 2.75) is 13.8 Å². The third-order valence-corrected chi connectivity index (χ3v) is 2.10. The van der Waals surface area contributed by atoms with Gasteiger partial charge in [-0.25, -0.2) is 4.98 Å². The summed E-state index contributed by atoms with van der Waals surface area (Å²) in [4.78, 5) is 4.28. The smallest absolute Gasteiger partial charge is 0.227 e. The summed E-state index contributed by atoms with van der Waals surface area (Å²) in [5.74, 6) is 0. The molecule has 2 rings (SSSR count). The Morgan fingerprint density at radius 1 is 1.46 bits per heavy atom. The van der Waals surface area contributed by atoms with Crippen molar-refractivity contribution in [1.82, 2.24) is 4.98 Å². The van der Waals surface area contributed by atoms with Gasteiger partial charge in [-0.3, -0.25) is 0 Å². The van der Waals surface area contributed by atoms with Crippen molar-refractivity contribution >= 4 is 23.8 Å². The molecule has 0 aromatic carbocycles. The molecule has 2 aromatic heterocycles. The van der Waals surface area contributed by atoms with Gasteiger partial charge in [0.2, 0.25) is 5.71 Å². The second-order valence-electron chi connectivity index (χ2n) is 3.03. The van der Waals surface area contributed by atoms with Crippen LogP contribution in [0.25, 0.3) is 23.8 Å². The van der Waals surface area contributed by atoms with Crippen LogP contribution in [0.2, 0.25) is 0 Å². The van der Waals surface area contributed by atoms with Gasteiger partial charge in [-0.15, -0.1) is 0 Å². The highest BCUT2D eigenvalue weighted by atomic mass is 16.3. The van der Waals surface area contributed by atoms with E-state index in [1.54, 1.807) is 0 Å². The minimum Gasteiger partial charge on any atom is -0.438 e. The van der Waals surface area contributed by atoms with Crippen molar-refractivity contribution < 1.29 is 4.42 Å². The second-order valence-corrected chi connectivity index (χ2v) is 3.03. The van der Waals surface area contributed by atoms with Crippen LogP contribution in [0.3, 0.4) is 0 Å². The Kier molecular flexibility index (Phi) is 1.69. The molecule has 0 atom stereocenters. The zero-order chi connectivity index (χ0) is 9.42. The molecule has 0 fully saturated rings. The molecule has 2 aromatic rings. The lowest BCUT2D eigenvalue weighted by molar-refractivity contribution is 0.565. The van der Waals surface area contributed by atoms with Gasteiger partial charge in [0.05, 0.1) is 0 Å². The summed E-state index contributed by atoms with van der Waals surface area (Å²) in [7, 11) is 0. The van der Waals surface area contributed by atoms with Crippen molar-refractivity contribution in [2.24, 2.45) is 0 Å². The molecule has 0 unspecified atom stereocenters. The Balaban J connectivity index is 3.04. The minimum atomic E-state index is 0.679. The molecule has 66 valence electrons. The maximum Gasteiger partial charge on any atom is 0.227 e. The standard InChI is InChI=1S/C11H11NO/c1-4-9-8(3)13-11-10(9)6-5-7(2)12-11/h4-6H,3H2,1-2H3/b9-4+. The molecule has 0 spiro atoms. The lowest BCUT2D eigenvalue weighted by Crippen LogP contribution is -2.16. The lowest BCUT2D eigenvalue weighted by Gasteiger charge is -1.88. The molecule has 0 aliphatic carbocycles. The van der Waals surface area contributed by atoms with Gasteiger partial charge in [-0.05, 0) is 26.0 Å². The molecule has 0 saturated heterocycles. The first-order chi connectivity index (χ1) is 6.22. The predicted octanol–water partition coefficient (Wildman–Crippen LogP) is 1.35. The van der Waals surface area contributed by atoms with E-state index in [1.165, 1.54) is 0 Å². The summed E-state index contributed by atoms with van der Waals surface area (Å²) in [5, 5.41) is 2.08. The second kappa shape index (κ2) is 2.73. The number of hydrogen-bond acceptors (Lipinski definition) is 2. The number of nitrogens with zero attached hydrogens (tertiary/aromatic N) is 1. The van der Waals surface area contributed by atoms with E-state index >= 15 is 0 Å². The van der Waals surface area contributed by atoms with Crippen molar-refractivity contribution in [3.8, 4) is 0 Å². The number of furan rings is 1. The van der Waals surface area contributed by atoms with Crippen molar-refractivity contribution in [2.75, 3.05) is 0 Å². The zero-order valence-electron chi connectivity index (χ0n) is 7.79. The van der Waals surface area contributed by atoms with Crippen LogP contribution in [0.5, 0.6) is 0 Å². The largest absolute Gasteiger partial charge is 0.438 e. The first kappa shape index (κ1) is 8.05. The van der Waals surface area contributed by atoms with E-state index in [2.05, 4.69) is 11.6 Å². The van der Waals surface area contributed by atoms with Gasteiger partial charge in [-0.1, -0.05) is 12.7 Å². The van der Waals surface area contributed by atoms with Gasteiger partial charge in [-0.2, -0.15) is 0 Å². The highest BCUT2D eigenvalue weighted by Crippen LogP contribution is 2.05. The molecule has 0 saturated carbocycles. The Morgan fingerprint density at radius 2 is 2.23 bits per heavy atom. The maximum atomic E-state index is 5.42. The molecule has 0 aliphatic heterocycles. The molecule has 0 aliphatic rings. The van der Waals surface area contributed by atoms with E-state index in [4.69, 9.17) is 4.42 Å². The van der Waals surface area contributed by atoms with Crippen LogP contribution in [-0.2, 0) is 0 Å². The fourth-order valence-electron chi connectivity index (χ4n) is 1.45. The number of aromatic nitrogens is 1. The Labute approximate surface area is 76.2 Å². The number of fused-ring (bicyclic) bond motifs is 1. The van der Waals surface area contributed by atoms with Crippen LogP contribution < -0.4 is 10.6 Å². The van der Waals surface area contributed by atoms with E-state index in [0.29, 0.717) is 11.1 Å². The number of aryl methyl sites for hydroxylation is 1. The third-order valence-electron chi connectivity index (χ3n) is 2.10. The monoisotopic (exact) mass is 173 g/mol. The van der Waals surface area contributed by atoms with Crippen molar-refractivity contribution in [1.29, 1.82) is 0 Å². The van der Waals surface area contributed by atoms with Crippen LogP contribution in [0, 0.1) is 6.92 Å². The van der Waals surface area contributed by atoms with Gasteiger partial charge < -0.3 is 4.42 Å². The lowest BCUT2D eigenvalue weighted by atomic mass is 10.2. The normalized spacial score (nSPS) is 12.6. The quantitative estimate of drug-likeness (QED) is 0.601. The Bertz CT molecular complexity index is 551. The van der Waals surface area contributed by atoms with Crippen LogP contribution >= 0.6 is 0 Å². The molecule has 13 heavy (non-hydrogen) atoms. The first-order valence-electron chi connectivity index (χ1n) is 4.24. The fraction of sp³-hybridized carbons (Fsp3) is 0.182. The van der Waals surface area contributed by atoms with Crippen LogP contribution in [-0.4, -0.2) is 4.98 Å². The average Bonchev–Trinajstić information content (AvgIpc) is 2.39. The number of rotatable bonds is 0. The Morgan fingerprint density at radius 3 is 2.92 bits per heavy atom. The molecule has 2 heterocycles. The summed E-state index contributed by atoms with van der Waals surface area (Å²) in [6, 6.07) is 4.00. The van der Waals surface area contributed by atoms with E-state index in [-0.39, 0.29) is 0 Å². The zero-order valence-corrected chi connectivity index (χ0v) is 7.79. The number of pyridine rings is 1. The SMILES string of the molecule is C=c1oc2nc(C)ccc2/c1=C/C. The predicted molar refractivity (Wildman–Crippen MR) is 53.7 cm³/mol. The molecule has 0 N–H and O–H groups in total. The van der Waals surface area contributed by atoms with E-state index in [1.807, 2.05) is 32.1 Å². The van der Waals surface area contributed by atoms with Gasteiger partial charge in [0.15, 0.2) is 0 Å². The molecular weight excluding hydrogens is 162 g/mol. The summed E-state index contributed by atoms with van der Waals surface area (Å²) in [6.45, 7) is 7.74. The van der Waals surface area contributed by atoms with Gasteiger partial charge >= 0.3 is 0 Å². The molecule has 2 heteroatoms. The fourth-order valence-corrected chi connectivity index (χ4v) is 1.45. The van der Waals surface area contributed by atoms with E-state index in [9.17, 15) is 0 Å². The van der Waals surface area contributed by atoms with E-state index in [0.717, 1.165) is 16.3 Å². The molecule has 0 radical (unpaired) electrons. The summed E-state index contributed by atoms with van der Waals surface area (Å²) in [5.41, 5.74) is 2.33. The van der Waals surface area contributed by atoms with Crippen molar-refractivity contribution in [3.05, 3.63) is 28.5 Å². The van der Waals surface area contributed by atoms with E-state index < -0.39 is 0 Å². The van der Waals surface area contributed by atoms with Crippen molar-refractivity contribution in [3.63, 3.8) is 0 Å². The minimum absolute atomic E-state index is 0.679. The summed E-state index contributed by atoms with van der Waals surface area (Å²) >= 11 is 0. The maximum absolute atomic E-state index is 5.42. The summed E-state index contributed by atoms with van der Waals surface area (Å²) in [6.07, 6.45) is 1.99. The van der Waals surface area contributed by atoms with Gasteiger partial charge in [0.1, 0.15) is 5.42 Å². The van der Waals surface area contributed by atoms with Gasteiger partial charge in [0.25, 0.3) is 0 Å². The van der Waals surface area contributed by atoms with Crippen LogP contribution in [0.4, 0.5) is 0 Å². The Hall–Kier alpha value is -1.57. The molecule has 0 bridgehead atoms. The summed E-state index contributed by atoms with van der Waals surface area (Å²) < 4.78 is 5.42. The average molecular weight is 173 g/mol. The number of hydrogen-bond donors (Lipinski definition) is 0. The van der Waals surface area contributed by atoms with Crippen LogP contribution in [0.15, 0.2) is 16.5 Å². The molecular formula is C11H11NO. The highest BCUT2D eigenvalue weighted by Gasteiger charge is 2.01. The van der Waals surface area contributed by atoms with Crippen LogP contribution in [0.1, 0.15) is 12.6 Å². The topological polar surface area (TPSA) is 26.0 Å². The molecule has 0 amide bonds. The highest BCUT2D eigenvalue weighted by molar-refractivity contribution is 5.75. The first-order valence-corrected chi connectivity index (χ1v) is 4.24.